The van der Waals surface area contributed by atoms with Crippen molar-refractivity contribution in [3.05, 3.63) is 69.8 Å². The number of hydrogen-bond donors (Lipinski definition) is 2. The third kappa shape index (κ3) is 3.49. The van der Waals surface area contributed by atoms with Gasteiger partial charge in [0.15, 0.2) is 11.5 Å². The molecule has 0 radical (unpaired) electrons. The van der Waals surface area contributed by atoms with Crippen molar-refractivity contribution in [3.63, 3.8) is 0 Å². The molecule has 1 atom stereocenters. The van der Waals surface area contributed by atoms with Gasteiger partial charge >= 0.3 is 6.18 Å². The van der Waals surface area contributed by atoms with Gasteiger partial charge in [0.2, 0.25) is 5.91 Å². The Kier molecular flexibility index (Phi) is 4.74. The highest BCUT2D eigenvalue weighted by Crippen LogP contribution is 2.40. The summed E-state index contributed by atoms with van der Waals surface area (Å²) in [7, 11) is 0. The lowest BCUT2D eigenvalue weighted by Crippen LogP contribution is -2.36. The van der Waals surface area contributed by atoms with Crippen LogP contribution in [0, 0.1) is 5.82 Å². The number of aromatic nitrogens is 6. The molecule has 2 N–H and O–H groups in total. The summed E-state index contributed by atoms with van der Waals surface area (Å²) < 4.78 is 53.0. The molecular weight excluding hydrogens is 458 g/mol. The minimum absolute atomic E-state index is 0.0205. The van der Waals surface area contributed by atoms with Crippen LogP contribution in [0.25, 0.3) is 17.2 Å². The number of amides is 1. The van der Waals surface area contributed by atoms with Crippen LogP contribution in [0.15, 0.2) is 41.6 Å². The number of aromatic amines is 1. The molecule has 0 saturated heterocycles. The summed E-state index contributed by atoms with van der Waals surface area (Å²) in [5.41, 5.74) is -1.44. The molecule has 9 nitrogen and oxygen atoms in total. The first kappa shape index (κ1) is 21.7. The maximum absolute atomic E-state index is 13.4. The van der Waals surface area contributed by atoms with E-state index in [4.69, 9.17) is 0 Å². The summed E-state index contributed by atoms with van der Waals surface area (Å²) in [6, 6.07) is 5.18. The Morgan fingerprint density at radius 1 is 1.12 bits per heavy atom. The van der Waals surface area contributed by atoms with E-state index in [2.05, 4.69) is 30.4 Å². The second-order valence-electron chi connectivity index (χ2n) is 7.94. The minimum atomic E-state index is -4.40. The van der Waals surface area contributed by atoms with Crippen LogP contribution in [0.5, 0.6) is 0 Å². The number of nitrogens with one attached hydrogen (secondary N) is 2. The first-order valence-corrected chi connectivity index (χ1v) is 10.0. The zero-order chi connectivity index (χ0) is 24.3. The van der Waals surface area contributed by atoms with Crippen LogP contribution in [0.1, 0.15) is 30.2 Å². The first-order valence-electron chi connectivity index (χ1n) is 10.0. The number of hydrogen-bond acceptors (Lipinski definition) is 6. The van der Waals surface area contributed by atoms with Gasteiger partial charge in [-0.2, -0.15) is 18.3 Å². The Morgan fingerprint density at radius 2 is 1.85 bits per heavy atom. The predicted molar refractivity (Wildman–Crippen MR) is 110 cm³/mol. The lowest BCUT2D eigenvalue weighted by Gasteiger charge is -2.21. The van der Waals surface area contributed by atoms with E-state index in [1.54, 1.807) is 0 Å². The molecular formula is C21H15F4N7O2. The van der Waals surface area contributed by atoms with Gasteiger partial charge in [0.25, 0.3) is 5.56 Å². The van der Waals surface area contributed by atoms with Crippen molar-refractivity contribution in [1.82, 2.24) is 29.5 Å². The second-order valence-corrected chi connectivity index (χ2v) is 7.94. The number of H-pyrrole nitrogens is 1. The van der Waals surface area contributed by atoms with E-state index in [0.717, 1.165) is 0 Å². The summed E-state index contributed by atoms with van der Waals surface area (Å²) in [6.45, 7) is 1.52. The summed E-state index contributed by atoms with van der Waals surface area (Å²) in [5.74, 6) is -1.12. The summed E-state index contributed by atoms with van der Waals surface area (Å²) in [5, 5.41) is 6.52. The van der Waals surface area contributed by atoms with Crippen LogP contribution < -0.4 is 10.9 Å². The Morgan fingerprint density at radius 3 is 2.56 bits per heavy atom. The zero-order valence-corrected chi connectivity index (χ0v) is 17.4. The number of nitrogens with zero attached hydrogens (tertiary/aromatic N) is 5. The van der Waals surface area contributed by atoms with Crippen LogP contribution in [0.4, 0.5) is 23.4 Å². The lowest BCUT2D eigenvalue weighted by molar-refractivity contribution is -0.134. The topological polar surface area (TPSA) is 118 Å². The van der Waals surface area contributed by atoms with Crippen molar-refractivity contribution in [2.45, 2.75) is 31.4 Å². The number of benzene rings is 1. The molecule has 0 spiro atoms. The van der Waals surface area contributed by atoms with Crippen LogP contribution >= 0.6 is 0 Å². The van der Waals surface area contributed by atoms with Crippen molar-refractivity contribution in [1.29, 1.82) is 0 Å². The summed E-state index contributed by atoms with van der Waals surface area (Å²) in [4.78, 5) is 41.0. The molecule has 4 aromatic rings. The van der Waals surface area contributed by atoms with Crippen molar-refractivity contribution >= 4 is 17.4 Å². The smallest absolute Gasteiger partial charge is 0.309 e. The zero-order valence-electron chi connectivity index (χ0n) is 17.4. The van der Waals surface area contributed by atoms with Gasteiger partial charge in [0, 0.05) is 12.8 Å². The molecule has 174 valence electrons. The molecule has 1 aliphatic rings. The Bertz CT molecular complexity index is 1490. The number of rotatable bonds is 4. The highest BCUT2D eigenvalue weighted by atomic mass is 19.4. The molecule has 13 heteroatoms. The van der Waals surface area contributed by atoms with Gasteiger partial charge in [-0.3, -0.25) is 9.59 Å². The van der Waals surface area contributed by atoms with Crippen LogP contribution in [0.3, 0.4) is 0 Å². The molecule has 5 rings (SSSR count). The summed E-state index contributed by atoms with van der Waals surface area (Å²) >= 11 is 0. The van der Waals surface area contributed by atoms with Crippen molar-refractivity contribution in [2.24, 2.45) is 0 Å². The van der Waals surface area contributed by atoms with Crippen LogP contribution in [-0.2, 0) is 16.6 Å². The Balaban J connectivity index is 1.61. The van der Waals surface area contributed by atoms with E-state index in [1.807, 2.05) is 0 Å². The molecule has 1 amide bonds. The van der Waals surface area contributed by atoms with Gasteiger partial charge in [-0.05, 0) is 24.6 Å². The standard InChI is InChI=1S/C21H15F4N7O2/c1-20(10-2-4-11(22)5-3-10)14-16(31-19(20)34)29-15(30-18(14)33)13-8-32-17(26-9-27-32)12(28-13)6-7-21(23,24)25/h2-5,8-9H,6-7H2,1H3,(H2,29,30,31,33,34). The molecule has 4 heterocycles. The Labute approximate surface area is 187 Å². The maximum atomic E-state index is 13.4. The fourth-order valence-electron chi connectivity index (χ4n) is 3.99. The molecule has 0 bridgehead atoms. The molecule has 3 aromatic heterocycles. The third-order valence-electron chi connectivity index (χ3n) is 5.75. The Hall–Kier alpha value is -4.16. The van der Waals surface area contributed by atoms with Gasteiger partial charge < -0.3 is 10.3 Å². The van der Waals surface area contributed by atoms with Crippen molar-refractivity contribution in [2.75, 3.05) is 5.32 Å². The monoisotopic (exact) mass is 473 g/mol. The number of aryl methyl sites for hydroxylation is 1. The molecule has 0 fully saturated rings. The maximum Gasteiger partial charge on any atom is 0.389 e. The number of carbonyl (C=O) groups is 1. The number of carbonyl (C=O) groups excluding carboxylic acids is 1. The highest BCUT2D eigenvalue weighted by molar-refractivity contribution is 6.07. The quantitative estimate of drug-likeness (QED) is 0.440. The molecule has 0 saturated carbocycles. The van der Waals surface area contributed by atoms with Crippen molar-refractivity contribution in [3.8, 4) is 11.5 Å². The van der Waals surface area contributed by atoms with E-state index in [-0.39, 0.29) is 34.2 Å². The average molecular weight is 473 g/mol. The molecule has 1 unspecified atom stereocenters. The fourth-order valence-corrected chi connectivity index (χ4v) is 3.99. The van der Waals surface area contributed by atoms with Crippen molar-refractivity contribution < 1.29 is 22.4 Å². The van der Waals surface area contributed by atoms with Gasteiger partial charge in [-0.1, -0.05) is 12.1 Å². The highest BCUT2D eigenvalue weighted by Gasteiger charge is 2.47. The minimum Gasteiger partial charge on any atom is -0.309 e. The molecule has 1 aromatic carbocycles. The summed E-state index contributed by atoms with van der Waals surface area (Å²) in [6.07, 6.45) is -3.44. The normalized spacial score (nSPS) is 17.7. The first-order chi connectivity index (χ1) is 16.1. The SMILES string of the molecule is CC1(c2ccc(F)cc2)C(=O)Nc2nc(-c3cn4ncnc4c(CCC(F)(F)F)n3)[nH]c(=O)c21. The number of alkyl halides is 3. The lowest BCUT2D eigenvalue weighted by atomic mass is 9.78. The molecule has 0 aliphatic carbocycles. The van der Waals surface area contributed by atoms with E-state index in [0.29, 0.717) is 5.56 Å². The van der Waals surface area contributed by atoms with E-state index >= 15 is 0 Å². The fraction of sp³-hybridized carbons (Fsp3) is 0.238. The van der Waals surface area contributed by atoms with Gasteiger partial charge in [0.1, 0.15) is 29.1 Å². The van der Waals surface area contributed by atoms with Crippen LogP contribution in [-0.4, -0.2) is 41.6 Å². The largest absolute Gasteiger partial charge is 0.389 e. The van der Waals surface area contributed by atoms with E-state index < -0.39 is 41.7 Å². The van der Waals surface area contributed by atoms with Gasteiger partial charge in [0.05, 0.1) is 17.5 Å². The van der Waals surface area contributed by atoms with E-state index in [9.17, 15) is 27.2 Å². The van der Waals surface area contributed by atoms with Gasteiger partial charge in [-0.15, -0.1) is 0 Å². The predicted octanol–water partition coefficient (Wildman–Crippen LogP) is 2.77. The van der Waals surface area contributed by atoms with E-state index in [1.165, 1.54) is 48.2 Å². The number of anilines is 1. The third-order valence-corrected chi connectivity index (χ3v) is 5.75. The second kappa shape index (κ2) is 7.43. The number of halogens is 4. The number of fused-ring (bicyclic) bond motifs is 2. The molecule has 1 aliphatic heterocycles. The van der Waals surface area contributed by atoms with Crippen LogP contribution in [0.2, 0.25) is 0 Å². The average Bonchev–Trinajstić information content (AvgIpc) is 3.35. The molecule has 34 heavy (non-hydrogen) atoms. The van der Waals surface area contributed by atoms with Gasteiger partial charge in [-0.25, -0.2) is 23.9 Å².